The molecule has 1 aromatic rings. The van der Waals surface area contributed by atoms with Crippen LogP contribution in [0, 0.1) is 34.5 Å². The van der Waals surface area contributed by atoms with Gasteiger partial charge in [-0.15, -0.1) is 0 Å². The van der Waals surface area contributed by atoms with E-state index in [0.717, 1.165) is 0 Å². The highest BCUT2D eigenvalue weighted by Crippen LogP contribution is 2.68. The SMILES string of the molecule is CC(C)[C@H]1C(O)[C@@H](C(N)=O)C(=O)[C@]2(O)C(O)[C@H]3C(=O)c4c(ccc(NC(=O)NC(=O)CO)c4O)[C@@H](C)[C@]3(C)[C@@H](O)[C@]12C. The van der Waals surface area contributed by atoms with Crippen molar-refractivity contribution in [3.8, 4) is 5.75 Å². The number of hydrogen-bond donors (Lipinski definition) is 9. The maximum absolute atomic E-state index is 14.2. The normalized spacial score (nSPS) is 39.2. The van der Waals surface area contributed by atoms with Crippen molar-refractivity contribution in [3.05, 3.63) is 23.3 Å². The molecule has 0 bridgehead atoms. The van der Waals surface area contributed by atoms with Crippen LogP contribution in [-0.4, -0.2) is 90.6 Å². The molecule has 2 fully saturated rings. The van der Waals surface area contributed by atoms with Gasteiger partial charge in [0.15, 0.2) is 17.2 Å². The van der Waals surface area contributed by atoms with E-state index in [1.807, 2.05) is 5.32 Å². The van der Waals surface area contributed by atoms with Crippen molar-refractivity contribution < 1.29 is 54.6 Å². The molecule has 0 spiro atoms. The number of hydrogen-bond acceptors (Lipinski definition) is 11. The number of carbonyl (C=O) groups excluding carboxylic acids is 5. The van der Waals surface area contributed by atoms with Gasteiger partial charge in [0.25, 0.3) is 5.91 Å². The minimum Gasteiger partial charge on any atom is -0.505 e. The van der Waals surface area contributed by atoms with Crippen LogP contribution in [0.5, 0.6) is 5.75 Å². The summed E-state index contributed by atoms with van der Waals surface area (Å²) in [7, 11) is 0. The lowest BCUT2D eigenvalue weighted by atomic mass is 9.36. The molecular formula is C28H37N3O11. The van der Waals surface area contributed by atoms with Crippen molar-refractivity contribution in [2.45, 2.75) is 64.4 Å². The number of nitrogens with one attached hydrogen (secondary N) is 2. The lowest BCUT2D eigenvalue weighted by Crippen LogP contribution is -2.83. The highest BCUT2D eigenvalue weighted by Gasteiger charge is 2.80. The second-order valence-electron chi connectivity index (χ2n) is 12.4. The van der Waals surface area contributed by atoms with Gasteiger partial charge in [-0.3, -0.25) is 24.5 Å². The van der Waals surface area contributed by atoms with E-state index in [-0.39, 0.29) is 16.8 Å². The van der Waals surface area contributed by atoms with Gasteiger partial charge in [0, 0.05) is 10.8 Å². The molecule has 0 heterocycles. The summed E-state index contributed by atoms with van der Waals surface area (Å²) in [5.41, 5.74) is -1.46. The molecule has 0 aromatic heterocycles. The second kappa shape index (κ2) is 10.1. The number of primary amides is 1. The maximum Gasteiger partial charge on any atom is 0.326 e. The Hall–Kier alpha value is -3.43. The topological polar surface area (TPSA) is 257 Å². The highest BCUT2D eigenvalue weighted by atomic mass is 16.4. The number of anilines is 1. The number of imide groups is 1. The Morgan fingerprint density at radius 2 is 1.69 bits per heavy atom. The molecule has 0 radical (unpaired) electrons. The van der Waals surface area contributed by atoms with Gasteiger partial charge in [-0.25, -0.2) is 4.79 Å². The minimum atomic E-state index is -2.92. The predicted molar refractivity (Wildman–Crippen MR) is 144 cm³/mol. The summed E-state index contributed by atoms with van der Waals surface area (Å²) in [6, 6.07) is 1.55. The molecule has 0 saturated heterocycles. The van der Waals surface area contributed by atoms with Crippen molar-refractivity contribution in [1.82, 2.24) is 5.32 Å². The van der Waals surface area contributed by atoms with Crippen LogP contribution in [0.25, 0.3) is 0 Å². The number of phenols is 1. The van der Waals surface area contributed by atoms with Gasteiger partial charge in [0.1, 0.15) is 24.4 Å². The van der Waals surface area contributed by atoms with Crippen molar-refractivity contribution in [1.29, 1.82) is 0 Å². The number of aliphatic hydroxyl groups excluding tert-OH is 4. The van der Waals surface area contributed by atoms with Crippen LogP contribution >= 0.6 is 0 Å². The lowest BCUT2D eigenvalue weighted by molar-refractivity contribution is -0.306. The summed E-state index contributed by atoms with van der Waals surface area (Å²) in [5, 5.41) is 71.3. The summed E-state index contributed by atoms with van der Waals surface area (Å²) >= 11 is 0. The van der Waals surface area contributed by atoms with E-state index in [9.17, 15) is 49.5 Å². The first-order valence-corrected chi connectivity index (χ1v) is 13.6. The lowest BCUT2D eigenvalue weighted by Gasteiger charge is -2.69. The molecule has 42 heavy (non-hydrogen) atoms. The number of nitrogens with two attached hydrogens (primary N) is 1. The molecule has 230 valence electrons. The Balaban J connectivity index is 1.93. The van der Waals surface area contributed by atoms with Gasteiger partial charge in [-0.2, -0.15) is 0 Å². The molecule has 2 saturated carbocycles. The summed E-state index contributed by atoms with van der Waals surface area (Å²) in [6.07, 6.45) is -5.64. The van der Waals surface area contributed by atoms with Gasteiger partial charge in [-0.1, -0.05) is 40.7 Å². The van der Waals surface area contributed by atoms with Crippen LogP contribution in [0.4, 0.5) is 10.5 Å². The number of aliphatic hydroxyl groups is 5. The summed E-state index contributed by atoms with van der Waals surface area (Å²) in [5.74, 6) is -11.4. The molecule has 10 N–H and O–H groups in total. The first-order chi connectivity index (χ1) is 19.3. The fourth-order valence-corrected chi connectivity index (χ4v) is 8.18. The van der Waals surface area contributed by atoms with Gasteiger partial charge in [0.05, 0.1) is 29.4 Å². The molecule has 14 nitrogen and oxygen atoms in total. The maximum atomic E-state index is 14.2. The van der Waals surface area contributed by atoms with E-state index in [1.165, 1.54) is 26.0 Å². The van der Waals surface area contributed by atoms with Crippen molar-refractivity contribution in [2.75, 3.05) is 11.9 Å². The van der Waals surface area contributed by atoms with Crippen LogP contribution in [0.1, 0.15) is 56.5 Å². The Morgan fingerprint density at radius 3 is 2.21 bits per heavy atom. The zero-order valence-electron chi connectivity index (χ0n) is 23.8. The number of ketones is 2. The fourth-order valence-electron chi connectivity index (χ4n) is 8.18. The molecular weight excluding hydrogens is 554 g/mol. The van der Waals surface area contributed by atoms with Gasteiger partial charge >= 0.3 is 6.03 Å². The zero-order chi connectivity index (χ0) is 31.9. The molecule has 3 aliphatic carbocycles. The average molecular weight is 592 g/mol. The average Bonchev–Trinajstić information content (AvgIpc) is 2.89. The Morgan fingerprint density at radius 1 is 1.10 bits per heavy atom. The van der Waals surface area contributed by atoms with Crippen molar-refractivity contribution >= 4 is 35.1 Å². The van der Waals surface area contributed by atoms with Crippen LogP contribution < -0.4 is 16.4 Å². The third-order valence-corrected chi connectivity index (χ3v) is 10.3. The van der Waals surface area contributed by atoms with Crippen LogP contribution in [0.15, 0.2) is 12.1 Å². The number of benzene rings is 1. The molecule has 1 aromatic carbocycles. The Bertz CT molecular complexity index is 1380. The number of aromatic hydroxyl groups is 1. The van der Waals surface area contributed by atoms with Crippen molar-refractivity contribution in [3.63, 3.8) is 0 Å². The molecule has 3 aliphatic rings. The summed E-state index contributed by atoms with van der Waals surface area (Å²) < 4.78 is 0. The fraction of sp³-hybridized carbons (Fsp3) is 0.607. The third kappa shape index (κ3) is 3.78. The largest absolute Gasteiger partial charge is 0.505 e. The highest BCUT2D eigenvalue weighted by molar-refractivity contribution is 6.10. The smallest absolute Gasteiger partial charge is 0.326 e. The van der Waals surface area contributed by atoms with Crippen LogP contribution in [-0.2, 0) is 14.4 Å². The molecule has 0 aliphatic heterocycles. The molecule has 4 rings (SSSR count). The van der Waals surface area contributed by atoms with E-state index >= 15 is 0 Å². The van der Waals surface area contributed by atoms with Crippen LogP contribution in [0.2, 0.25) is 0 Å². The number of amides is 4. The molecule has 4 amide bonds. The van der Waals surface area contributed by atoms with E-state index in [1.54, 1.807) is 20.8 Å². The number of Topliss-reactive ketones (excluding diaryl/α,β-unsaturated/α-hetero) is 2. The standard InChI is InChI=1S/C28H37N3O11/c1-9(2)16-20(36)15(23(29)39)21(37)28(42)22(38)17-19(35)14-11(10(3)26(17,4)24(40)27(16,28)5)6-7-12(18(14)34)30-25(41)31-13(33)8-32/h6-7,9-10,15-17,20,22,24,32,34,36,38,40,42H,8H2,1-5H3,(H2,29,39)(H2,30,31,33,41)/t10-,15-,16+,17-,20?,22?,24-,26+,27+,28+/m1/s1. The van der Waals surface area contributed by atoms with E-state index in [4.69, 9.17) is 10.8 Å². The second-order valence-corrected chi connectivity index (χ2v) is 12.4. The number of rotatable bonds is 4. The molecule has 2 unspecified atom stereocenters. The third-order valence-electron chi connectivity index (χ3n) is 10.3. The zero-order valence-corrected chi connectivity index (χ0v) is 23.8. The Labute approximate surface area is 240 Å². The number of phenolic OH excluding ortho intramolecular Hbond substituents is 1. The first-order valence-electron chi connectivity index (χ1n) is 13.6. The number of carbonyl (C=O) groups is 5. The number of urea groups is 1. The number of fused-ring (bicyclic) bond motifs is 3. The summed E-state index contributed by atoms with van der Waals surface area (Å²) in [6.45, 7) is 6.80. The summed E-state index contributed by atoms with van der Waals surface area (Å²) in [4.78, 5) is 63.8. The first kappa shape index (κ1) is 31.5. The monoisotopic (exact) mass is 591 g/mol. The van der Waals surface area contributed by atoms with Crippen LogP contribution in [0.3, 0.4) is 0 Å². The van der Waals surface area contributed by atoms with Crippen molar-refractivity contribution in [2.24, 2.45) is 40.2 Å². The Kier molecular flexibility index (Phi) is 7.57. The quantitative estimate of drug-likeness (QED) is 0.148. The predicted octanol–water partition coefficient (Wildman–Crippen LogP) is -1.25. The van der Waals surface area contributed by atoms with E-state index in [0.29, 0.717) is 0 Å². The van der Waals surface area contributed by atoms with Gasteiger partial charge in [0.2, 0.25) is 5.91 Å². The van der Waals surface area contributed by atoms with E-state index < -0.39 is 106 Å². The van der Waals surface area contributed by atoms with Gasteiger partial charge < -0.3 is 41.7 Å². The molecule has 14 heteroatoms. The molecule has 10 atom stereocenters. The van der Waals surface area contributed by atoms with E-state index in [2.05, 4.69) is 5.32 Å². The minimum absolute atomic E-state index is 0.229. The van der Waals surface area contributed by atoms with Gasteiger partial charge in [-0.05, 0) is 29.4 Å².